The summed E-state index contributed by atoms with van der Waals surface area (Å²) in [5.74, 6) is 0.282. The third-order valence-corrected chi connectivity index (χ3v) is 9.67. The minimum absolute atomic E-state index is 0.0366. The monoisotopic (exact) mass is 659 g/mol. The zero-order valence-electron chi connectivity index (χ0n) is 28.8. The number of likely N-dealkylation sites (tertiary alicyclic amines) is 1. The zero-order valence-corrected chi connectivity index (χ0v) is 28.8. The molecule has 1 unspecified atom stereocenters. The van der Waals surface area contributed by atoms with Gasteiger partial charge in [0.05, 0.1) is 12.1 Å². The number of aliphatic hydroxyl groups is 1. The van der Waals surface area contributed by atoms with Gasteiger partial charge in [-0.25, -0.2) is 9.18 Å². The molecule has 1 aliphatic carbocycles. The number of hydrogen-bond donors (Lipinski definition) is 2. The van der Waals surface area contributed by atoms with E-state index in [1.165, 1.54) is 48.8 Å². The molecule has 2 aliphatic rings. The summed E-state index contributed by atoms with van der Waals surface area (Å²) in [6.45, 7) is 8.55. The maximum Gasteiger partial charge on any atom is 0.407 e. The molecule has 2 aromatic carbocycles. The van der Waals surface area contributed by atoms with E-state index in [0.29, 0.717) is 48.5 Å². The van der Waals surface area contributed by atoms with Gasteiger partial charge in [0.15, 0.2) is 0 Å². The van der Waals surface area contributed by atoms with Crippen LogP contribution in [0, 0.1) is 17.7 Å². The van der Waals surface area contributed by atoms with Crippen molar-refractivity contribution in [2.45, 2.75) is 103 Å². The van der Waals surface area contributed by atoms with Crippen molar-refractivity contribution in [1.29, 1.82) is 0 Å². The number of piperidine rings is 1. The normalized spacial score (nSPS) is 17.5. The van der Waals surface area contributed by atoms with E-state index >= 15 is 4.39 Å². The third-order valence-electron chi connectivity index (χ3n) is 9.67. The van der Waals surface area contributed by atoms with Gasteiger partial charge in [-0.1, -0.05) is 75.4 Å². The molecule has 0 bridgehead atoms. The number of carbonyl (C=O) groups excluding carboxylic acids is 2. The second-order valence-corrected chi connectivity index (χ2v) is 14.8. The first-order valence-corrected chi connectivity index (χ1v) is 17.4. The molecule has 48 heavy (non-hydrogen) atoms. The Morgan fingerprint density at radius 2 is 1.71 bits per heavy atom. The molecular weight excluding hydrogens is 609 g/mol. The van der Waals surface area contributed by atoms with Gasteiger partial charge in [-0.3, -0.25) is 9.59 Å². The molecule has 2 amide bonds. The number of nitrogens with zero attached hydrogens (tertiary/aromatic N) is 2. The van der Waals surface area contributed by atoms with Gasteiger partial charge in [0, 0.05) is 48.9 Å². The number of alkyl carbamates (subject to hydrolysis) is 1. The SMILES string of the molecule is CC(CC1CCCCC1)C(=O)N1CCC(O)(Cn2cc(-c3cccc(CNC(=O)OC(C)(C)C)c3)c(-c3ccccc3F)cc2=O)CC1. The van der Waals surface area contributed by atoms with Crippen molar-refractivity contribution in [3.63, 3.8) is 0 Å². The van der Waals surface area contributed by atoms with Gasteiger partial charge in [-0.05, 0) is 74.8 Å². The summed E-state index contributed by atoms with van der Waals surface area (Å²) in [5.41, 5.74) is 0.710. The average molecular weight is 660 g/mol. The van der Waals surface area contributed by atoms with Crippen LogP contribution in [0.25, 0.3) is 22.3 Å². The van der Waals surface area contributed by atoms with Gasteiger partial charge in [-0.15, -0.1) is 0 Å². The third kappa shape index (κ3) is 9.13. The van der Waals surface area contributed by atoms with E-state index in [-0.39, 0.29) is 30.5 Å². The maximum atomic E-state index is 15.1. The molecule has 3 aromatic rings. The van der Waals surface area contributed by atoms with Gasteiger partial charge in [0.25, 0.3) is 5.56 Å². The molecule has 1 aliphatic heterocycles. The summed E-state index contributed by atoms with van der Waals surface area (Å²) in [5, 5.41) is 14.4. The number of benzene rings is 2. The van der Waals surface area contributed by atoms with Crippen molar-refractivity contribution in [3.05, 3.63) is 82.5 Å². The molecule has 1 saturated heterocycles. The first kappa shape index (κ1) is 35.3. The number of nitrogens with one attached hydrogen (secondary N) is 1. The molecule has 1 aromatic heterocycles. The molecular formula is C39H50FN3O5. The van der Waals surface area contributed by atoms with E-state index in [2.05, 4.69) is 5.32 Å². The molecule has 0 radical (unpaired) electrons. The predicted molar refractivity (Wildman–Crippen MR) is 186 cm³/mol. The first-order valence-electron chi connectivity index (χ1n) is 17.4. The van der Waals surface area contributed by atoms with Crippen molar-refractivity contribution in [2.24, 2.45) is 11.8 Å². The minimum Gasteiger partial charge on any atom is -0.444 e. The Morgan fingerprint density at radius 1 is 1.00 bits per heavy atom. The fourth-order valence-electron chi connectivity index (χ4n) is 7.12. The molecule has 2 fully saturated rings. The lowest BCUT2D eigenvalue weighted by molar-refractivity contribution is -0.140. The lowest BCUT2D eigenvalue weighted by atomic mass is 9.82. The van der Waals surface area contributed by atoms with Gasteiger partial charge >= 0.3 is 6.09 Å². The highest BCUT2D eigenvalue weighted by molar-refractivity contribution is 5.83. The van der Waals surface area contributed by atoms with Crippen LogP contribution in [-0.2, 0) is 22.6 Å². The summed E-state index contributed by atoms with van der Waals surface area (Å²) in [6, 6.07) is 15.2. The molecule has 258 valence electrons. The molecule has 1 atom stereocenters. The minimum atomic E-state index is -1.18. The summed E-state index contributed by atoms with van der Waals surface area (Å²) < 4.78 is 22.0. The van der Waals surface area contributed by atoms with Crippen LogP contribution >= 0.6 is 0 Å². The Hall–Kier alpha value is -3.98. The van der Waals surface area contributed by atoms with E-state index in [1.807, 2.05) is 36.1 Å². The van der Waals surface area contributed by atoms with E-state index in [9.17, 15) is 19.5 Å². The van der Waals surface area contributed by atoms with Crippen LogP contribution in [0.3, 0.4) is 0 Å². The van der Waals surface area contributed by atoms with E-state index < -0.39 is 23.1 Å². The van der Waals surface area contributed by atoms with Crippen LogP contribution < -0.4 is 10.9 Å². The second-order valence-electron chi connectivity index (χ2n) is 14.8. The van der Waals surface area contributed by atoms with Crippen molar-refractivity contribution in [1.82, 2.24) is 14.8 Å². The Balaban J connectivity index is 1.35. The number of carbonyl (C=O) groups is 2. The highest BCUT2D eigenvalue weighted by Crippen LogP contribution is 2.35. The van der Waals surface area contributed by atoms with Crippen LogP contribution in [0.4, 0.5) is 9.18 Å². The Morgan fingerprint density at radius 3 is 2.40 bits per heavy atom. The molecule has 2 heterocycles. The maximum absolute atomic E-state index is 15.1. The number of ether oxygens (including phenoxy) is 1. The molecule has 8 nitrogen and oxygen atoms in total. The number of rotatable bonds is 9. The van der Waals surface area contributed by atoms with Crippen molar-refractivity contribution in [3.8, 4) is 22.3 Å². The number of pyridine rings is 1. The Bertz CT molecular complexity index is 1650. The Kier molecular flexibility index (Phi) is 11.1. The van der Waals surface area contributed by atoms with Crippen LogP contribution in [0.5, 0.6) is 0 Å². The summed E-state index contributed by atoms with van der Waals surface area (Å²) in [7, 11) is 0. The standard InChI is InChI=1S/C39H50FN3O5/c1-27(21-28-11-6-5-7-12-28)36(45)42-19-17-39(47,18-20-42)26-43-25-33(32(23-35(43)44)31-15-8-9-16-34(31)40)30-14-10-13-29(22-30)24-41-37(46)48-38(2,3)4/h8-10,13-16,22-23,25,27-28,47H,5-7,11-12,17-21,24,26H2,1-4H3,(H,41,46). The number of hydrogen-bond acceptors (Lipinski definition) is 5. The lowest BCUT2D eigenvalue weighted by Crippen LogP contribution is -2.50. The Labute approximate surface area is 283 Å². The predicted octanol–water partition coefficient (Wildman–Crippen LogP) is 7.31. The van der Waals surface area contributed by atoms with Crippen molar-refractivity contribution in [2.75, 3.05) is 13.1 Å². The average Bonchev–Trinajstić information content (AvgIpc) is 3.05. The number of amides is 2. The molecule has 2 N–H and O–H groups in total. The molecule has 9 heteroatoms. The van der Waals surface area contributed by atoms with Gasteiger partial charge in [-0.2, -0.15) is 0 Å². The smallest absolute Gasteiger partial charge is 0.407 e. The topological polar surface area (TPSA) is 101 Å². The van der Waals surface area contributed by atoms with E-state index in [4.69, 9.17) is 4.74 Å². The van der Waals surface area contributed by atoms with Crippen LogP contribution in [0.1, 0.15) is 84.6 Å². The zero-order chi connectivity index (χ0) is 34.5. The van der Waals surface area contributed by atoms with Crippen molar-refractivity contribution < 1.29 is 23.8 Å². The van der Waals surface area contributed by atoms with E-state index in [0.717, 1.165) is 17.5 Å². The molecule has 5 rings (SSSR count). The van der Waals surface area contributed by atoms with Gasteiger partial charge in [0.1, 0.15) is 11.4 Å². The number of aromatic nitrogens is 1. The second kappa shape index (κ2) is 15.1. The summed E-state index contributed by atoms with van der Waals surface area (Å²) in [4.78, 5) is 41.0. The highest BCUT2D eigenvalue weighted by atomic mass is 19.1. The van der Waals surface area contributed by atoms with E-state index in [1.54, 1.807) is 45.2 Å². The fraction of sp³-hybridized carbons (Fsp3) is 0.513. The van der Waals surface area contributed by atoms with Gasteiger partial charge in [0.2, 0.25) is 5.91 Å². The van der Waals surface area contributed by atoms with Crippen LogP contribution in [0.2, 0.25) is 0 Å². The van der Waals surface area contributed by atoms with Crippen LogP contribution in [-0.4, -0.2) is 50.9 Å². The summed E-state index contributed by atoms with van der Waals surface area (Å²) in [6.07, 6.45) is 9.00. The largest absolute Gasteiger partial charge is 0.444 e. The van der Waals surface area contributed by atoms with Gasteiger partial charge < -0.3 is 24.6 Å². The fourth-order valence-corrected chi connectivity index (χ4v) is 7.12. The molecule has 0 spiro atoms. The lowest BCUT2D eigenvalue weighted by Gasteiger charge is -2.39. The molecule has 1 saturated carbocycles. The van der Waals surface area contributed by atoms with Crippen molar-refractivity contribution >= 4 is 12.0 Å². The number of halogens is 1. The first-order chi connectivity index (χ1) is 22.8. The quantitative estimate of drug-likeness (QED) is 0.251. The van der Waals surface area contributed by atoms with Crippen LogP contribution in [0.15, 0.2) is 65.6 Å². The highest BCUT2D eigenvalue weighted by Gasteiger charge is 2.36. The summed E-state index contributed by atoms with van der Waals surface area (Å²) >= 11 is 0.